The molecule has 1 heterocycles. The van der Waals surface area contributed by atoms with Crippen LogP contribution < -0.4 is 4.74 Å². The fourth-order valence-electron chi connectivity index (χ4n) is 2.55. The standard InChI is InChI=1S/C19H15BrFN3O/c1-12-17(11-25-19-8-5-15(20)9-18(19)21)13(2)24(23-12)16-6-3-14(10-22)4-7-16/h3-9H,11H2,1-2H3. The van der Waals surface area contributed by atoms with Crippen LogP contribution in [0.1, 0.15) is 22.5 Å². The number of benzene rings is 2. The number of aryl methyl sites for hydroxylation is 1. The average molecular weight is 400 g/mol. The maximum Gasteiger partial charge on any atom is 0.166 e. The van der Waals surface area contributed by atoms with Crippen LogP contribution in [0.4, 0.5) is 4.39 Å². The van der Waals surface area contributed by atoms with E-state index in [9.17, 15) is 4.39 Å². The van der Waals surface area contributed by atoms with Crippen molar-refractivity contribution in [3.8, 4) is 17.5 Å². The minimum atomic E-state index is -0.413. The van der Waals surface area contributed by atoms with Crippen molar-refractivity contribution in [3.63, 3.8) is 0 Å². The van der Waals surface area contributed by atoms with Crippen LogP contribution in [-0.2, 0) is 6.61 Å². The number of hydrogen-bond acceptors (Lipinski definition) is 3. The summed E-state index contributed by atoms with van der Waals surface area (Å²) in [6, 6.07) is 14.0. The molecule has 4 nitrogen and oxygen atoms in total. The zero-order valence-electron chi connectivity index (χ0n) is 13.8. The molecular formula is C19H15BrFN3O. The van der Waals surface area contributed by atoms with Gasteiger partial charge in [-0.3, -0.25) is 0 Å². The van der Waals surface area contributed by atoms with E-state index < -0.39 is 5.82 Å². The molecule has 0 radical (unpaired) electrons. The van der Waals surface area contributed by atoms with Crippen molar-refractivity contribution in [1.82, 2.24) is 9.78 Å². The first-order chi connectivity index (χ1) is 12.0. The molecule has 126 valence electrons. The quantitative estimate of drug-likeness (QED) is 0.630. The van der Waals surface area contributed by atoms with Crippen LogP contribution in [0.2, 0.25) is 0 Å². The summed E-state index contributed by atoms with van der Waals surface area (Å²) in [5, 5.41) is 13.4. The maximum atomic E-state index is 13.9. The van der Waals surface area contributed by atoms with Gasteiger partial charge < -0.3 is 4.74 Å². The predicted octanol–water partition coefficient (Wildman–Crippen LogP) is 4.84. The van der Waals surface area contributed by atoms with Gasteiger partial charge in [-0.2, -0.15) is 10.4 Å². The molecule has 25 heavy (non-hydrogen) atoms. The zero-order valence-corrected chi connectivity index (χ0v) is 15.3. The van der Waals surface area contributed by atoms with Gasteiger partial charge in [0.05, 0.1) is 23.0 Å². The highest BCUT2D eigenvalue weighted by molar-refractivity contribution is 9.10. The first-order valence-corrected chi connectivity index (χ1v) is 8.42. The van der Waals surface area contributed by atoms with Gasteiger partial charge in [-0.05, 0) is 56.3 Å². The Morgan fingerprint density at radius 1 is 1.20 bits per heavy atom. The van der Waals surface area contributed by atoms with Gasteiger partial charge in [0.1, 0.15) is 6.61 Å². The Morgan fingerprint density at radius 3 is 2.56 bits per heavy atom. The lowest BCUT2D eigenvalue weighted by molar-refractivity contribution is 0.288. The topological polar surface area (TPSA) is 50.8 Å². The Labute approximate surface area is 153 Å². The third-order valence-corrected chi connectivity index (χ3v) is 4.44. The fraction of sp³-hybridized carbons (Fsp3) is 0.158. The van der Waals surface area contributed by atoms with Crippen molar-refractivity contribution in [3.05, 3.63) is 75.3 Å². The summed E-state index contributed by atoms with van der Waals surface area (Å²) in [7, 11) is 0. The lowest BCUT2D eigenvalue weighted by Crippen LogP contribution is -2.02. The number of halogens is 2. The van der Waals surface area contributed by atoms with Gasteiger partial charge in [0, 0.05) is 15.7 Å². The first kappa shape index (κ1) is 17.2. The SMILES string of the molecule is Cc1nn(-c2ccc(C#N)cc2)c(C)c1COc1ccc(Br)cc1F. The molecule has 0 aliphatic rings. The summed E-state index contributed by atoms with van der Waals surface area (Å²) in [6.07, 6.45) is 0. The minimum absolute atomic E-state index is 0.202. The second-order valence-corrected chi connectivity index (χ2v) is 6.50. The van der Waals surface area contributed by atoms with Crippen LogP contribution in [0, 0.1) is 31.0 Å². The van der Waals surface area contributed by atoms with Crippen LogP contribution in [0.3, 0.4) is 0 Å². The Bertz CT molecular complexity index is 958. The summed E-state index contributed by atoms with van der Waals surface area (Å²) in [6.45, 7) is 4.06. The number of ether oxygens (including phenoxy) is 1. The lowest BCUT2D eigenvalue weighted by atomic mass is 10.2. The molecule has 0 saturated carbocycles. The van der Waals surface area contributed by atoms with E-state index in [-0.39, 0.29) is 12.4 Å². The number of hydrogen-bond donors (Lipinski definition) is 0. The monoisotopic (exact) mass is 399 g/mol. The minimum Gasteiger partial charge on any atom is -0.486 e. The van der Waals surface area contributed by atoms with Gasteiger partial charge in [0.15, 0.2) is 11.6 Å². The lowest BCUT2D eigenvalue weighted by Gasteiger charge is -2.09. The largest absolute Gasteiger partial charge is 0.486 e. The highest BCUT2D eigenvalue weighted by atomic mass is 79.9. The van der Waals surface area contributed by atoms with Crippen LogP contribution in [-0.4, -0.2) is 9.78 Å². The molecule has 0 amide bonds. The second-order valence-electron chi connectivity index (χ2n) is 5.58. The molecule has 0 unspecified atom stereocenters. The van der Waals surface area contributed by atoms with E-state index >= 15 is 0 Å². The third-order valence-electron chi connectivity index (χ3n) is 3.95. The highest BCUT2D eigenvalue weighted by Crippen LogP contribution is 2.24. The Kier molecular flexibility index (Phi) is 4.86. The molecule has 6 heteroatoms. The van der Waals surface area contributed by atoms with Crippen molar-refractivity contribution in [2.24, 2.45) is 0 Å². The summed E-state index contributed by atoms with van der Waals surface area (Å²) in [5.74, 6) is -0.211. The van der Waals surface area contributed by atoms with Crippen molar-refractivity contribution < 1.29 is 9.13 Å². The predicted molar refractivity (Wildman–Crippen MR) is 96.2 cm³/mol. The summed E-state index contributed by atoms with van der Waals surface area (Å²) < 4.78 is 22.0. The molecule has 0 atom stereocenters. The van der Waals surface area contributed by atoms with Gasteiger partial charge in [0.25, 0.3) is 0 Å². The normalized spacial score (nSPS) is 10.5. The summed E-state index contributed by atoms with van der Waals surface area (Å²) in [5.41, 5.74) is 4.10. The number of rotatable bonds is 4. The molecule has 3 rings (SSSR count). The Morgan fingerprint density at radius 2 is 1.92 bits per heavy atom. The van der Waals surface area contributed by atoms with Crippen molar-refractivity contribution in [2.75, 3.05) is 0 Å². The smallest absolute Gasteiger partial charge is 0.166 e. The molecule has 0 aliphatic carbocycles. The molecule has 0 N–H and O–H groups in total. The molecule has 0 bridgehead atoms. The number of nitriles is 1. The molecule has 0 fully saturated rings. The summed E-state index contributed by atoms with van der Waals surface area (Å²) in [4.78, 5) is 0. The van der Waals surface area contributed by atoms with E-state index in [4.69, 9.17) is 10.00 Å². The number of aromatic nitrogens is 2. The van der Waals surface area contributed by atoms with E-state index in [2.05, 4.69) is 27.1 Å². The molecule has 1 aromatic heterocycles. The van der Waals surface area contributed by atoms with Crippen molar-refractivity contribution in [2.45, 2.75) is 20.5 Å². The summed E-state index contributed by atoms with van der Waals surface area (Å²) >= 11 is 3.23. The van der Waals surface area contributed by atoms with Crippen LogP contribution in [0.5, 0.6) is 5.75 Å². The zero-order chi connectivity index (χ0) is 18.0. The molecule has 0 saturated heterocycles. The maximum absolute atomic E-state index is 13.9. The molecular weight excluding hydrogens is 385 g/mol. The third kappa shape index (κ3) is 3.57. The van der Waals surface area contributed by atoms with Crippen LogP contribution in [0.15, 0.2) is 46.9 Å². The molecule has 0 aliphatic heterocycles. The van der Waals surface area contributed by atoms with Gasteiger partial charge in [-0.15, -0.1) is 0 Å². The molecule has 2 aromatic carbocycles. The Balaban J connectivity index is 1.85. The van der Waals surface area contributed by atoms with Gasteiger partial charge in [-0.25, -0.2) is 9.07 Å². The van der Waals surface area contributed by atoms with Gasteiger partial charge >= 0.3 is 0 Å². The Hall–Kier alpha value is -2.65. The van der Waals surface area contributed by atoms with Gasteiger partial charge in [-0.1, -0.05) is 15.9 Å². The van der Waals surface area contributed by atoms with E-state index in [0.29, 0.717) is 10.0 Å². The van der Waals surface area contributed by atoms with E-state index in [1.165, 1.54) is 6.07 Å². The molecule has 0 spiro atoms. The van der Waals surface area contributed by atoms with E-state index in [0.717, 1.165) is 22.6 Å². The van der Waals surface area contributed by atoms with E-state index in [1.54, 1.807) is 28.9 Å². The average Bonchev–Trinajstić information content (AvgIpc) is 2.89. The first-order valence-electron chi connectivity index (χ1n) is 7.63. The molecule has 3 aromatic rings. The van der Waals surface area contributed by atoms with Crippen molar-refractivity contribution >= 4 is 15.9 Å². The number of nitrogens with zero attached hydrogens (tertiary/aromatic N) is 3. The fourth-order valence-corrected chi connectivity index (χ4v) is 2.89. The van der Waals surface area contributed by atoms with Gasteiger partial charge in [0.2, 0.25) is 0 Å². The highest BCUT2D eigenvalue weighted by Gasteiger charge is 2.14. The van der Waals surface area contributed by atoms with E-state index in [1.807, 2.05) is 26.0 Å². The van der Waals surface area contributed by atoms with Crippen molar-refractivity contribution in [1.29, 1.82) is 5.26 Å². The second kappa shape index (κ2) is 7.08. The van der Waals surface area contributed by atoms with Crippen LogP contribution >= 0.6 is 15.9 Å². The van der Waals surface area contributed by atoms with Crippen LogP contribution in [0.25, 0.3) is 5.69 Å².